The maximum atomic E-state index is 12.6. The number of benzene rings is 1. The van der Waals surface area contributed by atoms with Gasteiger partial charge in [0, 0.05) is 11.6 Å². The molecule has 2 aromatic rings. The minimum absolute atomic E-state index is 0.108. The standard InChI is InChI=1S/C22H31N5O/c1-18-5-4-6-19(15-18)16-25-11-13-26(14-12-25)17-22(28)24-21-9-10-23-27(21)20-7-2-3-8-20/h4-6,9-10,15,20H,2-3,7-8,11-14,16-17H2,1H3,(H,24,28)/p+2. The summed E-state index contributed by atoms with van der Waals surface area (Å²) in [6.07, 6.45) is 6.66. The molecule has 1 aliphatic heterocycles. The lowest BCUT2D eigenvalue weighted by molar-refractivity contribution is -1.02. The molecule has 1 aromatic heterocycles. The second-order valence-corrected chi connectivity index (χ2v) is 8.49. The number of quaternary nitrogens is 2. The first kappa shape index (κ1) is 19.2. The molecule has 2 fully saturated rings. The Morgan fingerprint density at radius 2 is 1.89 bits per heavy atom. The summed E-state index contributed by atoms with van der Waals surface area (Å²) in [5.41, 5.74) is 2.74. The third-order valence-electron chi connectivity index (χ3n) is 6.22. The van der Waals surface area contributed by atoms with Gasteiger partial charge in [-0.1, -0.05) is 42.7 Å². The van der Waals surface area contributed by atoms with E-state index in [0.29, 0.717) is 12.6 Å². The van der Waals surface area contributed by atoms with Crippen LogP contribution in [0, 0.1) is 6.92 Å². The maximum absolute atomic E-state index is 12.6. The molecule has 1 aliphatic carbocycles. The highest BCUT2D eigenvalue weighted by Gasteiger charge is 2.26. The summed E-state index contributed by atoms with van der Waals surface area (Å²) in [4.78, 5) is 15.6. The van der Waals surface area contributed by atoms with Gasteiger partial charge in [0.05, 0.1) is 12.2 Å². The SMILES string of the molecule is Cc1cccc(C[NH+]2CC[NH+](CC(=O)Nc3ccnn3C3CCCC3)CC2)c1. The van der Waals surface area contributed by atoms with Gasteiger partial charge in [0.2, 0.25) is 0 Å². The summed E-state index contributed by atoms with van der Waals surface area (Å²) in [6, 6.07) is 11.2. The van der Waals surface area contributed by atoms with Gasteiger partial charge in [-0.2, -0.15) is 5.10 Å². The zero-order valence-corrected chi connectivity index (χ0v) is 16.9. The second-order valence-electron chi connectivity index (χ2n) is 8.49. The highest BCUT2D eigenvalue weighted by atomic mass is 16.2. The monoisotopic (exact) mass is 383 g/mol. The van der Waals surface area contributed by atoms with E-state index in [1.165, 1.54) is 41.7 Å². The Morgan fingerprint density at radius 3 is 2.64 bits per heavy atom. The van der Waals surface area contributed by atoms with Crippen LogP contribution >= 0.6 is 0 Å². The molecule has 0 spiro atoms. The van der Waals surface area contributed by atoms with Crippen LogP contribution in [0.2, 0.25) is 0 Å². The number of aryl methyl sites for hydroxylation is 1. The van der Waals surface area contributed by atoms with Gasteiger partial charge in [-0.25, -0.2) is 4.68 Å². The van der Waals surface area contributed by atoms with Crippen LogP contribution in [0.4, 0.5) is 5.82 Å². The number of hydrogen-bond acceptors (Lipinski definition) is 2. The molecule has 0 radical (unpaired) electrons. The van der Waals surface area contributed by atoms with Crippen molar-refractivity contribution in [1.29, 1.82) is 0 Å². The van der Waals surface area contributed by atoms with Crippen molar-refractivity contribution in [2.24, 2.45) is 0 Å². The second kappa shape index (κ2) is 8.88. The van der Waals surface area contributed by atoms with Crippen molar-refractivity contribution in [2.75, 3.05) is 38.0 Å². The largest absolute Gasteiger partial charge is 0.322 e. The molecular weight excluding hydrogens is 350 g/mol. The van der Waals surface area contributed by atoms with Crippen molar-refractivity contribution in [3.8, 4) is 0 Å². The van der Waals surface area contributed by atoms with Gasteiger partial charge in [0.15, 0.2) is 6.54 Å². The van der Waals surface area contributed by atoms with Crippen LogP contribution in [0.25, 0.3) is 0 Å². The molecule has 0 atom stereocenters. The van der Waals surface area contributed by atoms with Crippen molar-refractivity contribution in [2.45, 2.75) is 45.2 Å². The summed E-state index contributed by atoms with van der Waals surface area (Å²) < 4.78 is 2.02. The van der Waals surface area contributed by atoms with Gasteiger partial charge in [-0.15, -0.1) is 0 Å². The number of aromatic nitrogens is 2. The molecule has 1 amide bonds. The van der Waals surface area contributed by atoms with E-state index in [2.05, 4.69) is 41.6 Å². The van der Waals surface area contributed by atoms with Gasteiger partial charge < -0.3 is 15.1 Å². The first-order chi connectivity index (χ1) is 13.7. The summed E-state index contributed by atoms with van der Waals surface area (Å²) in [6.45, 7) is 8.13. The Hall–Kier alpha value is -2.18. The molecule has 150 valence electrons. The summed E-state index contributed by atoms with van der Waals surface area (Å²) in [5, 5.41) is 7.55. The van der Waals surface area contributed by atoms with E-state index in [1.54, 1.807) is 11.1 Å². The van der Waals surface area contributed by atoms with Crippen LogP contribution in [0.5, 0.6) is 0 Å². The van der Waals surface area contributed by atoms with Crippen LogP contribution in [-0.4, -0.2) is 48.4 Å². The van der Waals surface area contributed by atoms with Crippen molar-refractivity contribution < 1.29 is 14.6 Å². The molecule has 6 heteroatoms. The molecular formula is C22H33N5O+2. The topological polar surface area (TPSA) is 55.8 Å². The third-order valence-corrected chi connectivity index (χ3v) is 6.22. The number of nitrogens with zero attached hydrogens (tertiary/aromatic N) is 2. The van der Waals surface area contributed by atoms with Gasteiger partial charge in [0.25, 0.3) is 5.91 Å². The normalized spacial score (nSPS) is 23.0. The van der Waals surface area contributed by atoms with Gasteiger partial charge in [-0.3, -0.25) is 4.79 Å². The minimum atomic E-state index is 0.108. The van der Waals surface area contributed by atoms with E-state index < -0.39 is 0 Å². The molecule has 6 nitrogen and oxygen atoms in total. The summed E-state index contributed by atoms with van der Waals surface area (Å²) in [5.74, 6) is 0.969. The summed E-state index contributed by atoms with van der Waals surface area (Å²) >= 11 is 0. The third kappa shape index (κ3) is 4.80. The van der Waals surface area contributed by atoms with E-state index in [4.69, 9.17) is 0 Å². The Bertz CT molecular complexity index is 788. The van der Waals surface area contributed by atoms with Crippen LogP contribution in [0.3, 0.4) is 0 Å². The van der Waals surface area contributed by atoms with E-state index in [9.17, 15) is 4.79 Å². The van der Waals surface area contributed by atoms with Crippen molar-refractivity contribution >= 4 is 11.7 Å². The zero-order valence-electron chi connectivity index (χ0n) is 16.9. The van der Waals surface area contributed by atoms with Crippen LogP contribution < -0.4 is 15.1 Å². The number of amides is 1. The highest BCUT2D eigenvalue weighted by molar-refractivity contribution is 5.90. The van der Waals surface area contributed by atoms with Crippen LogP contribution in [0.1, 0.15) is 42.9 Å². The number of carbonyl (C=O) groups excluding carboxylic acids is 1. The number of rotatable bonds is 6. The Morgan fingerprint density at radius 1 is 1.14 bits per heavy atom. The number of hydrogen-bond donors (Lipinski definition) is 3. The lowest BCUT2D eigenvalue weighted by Gasteiger charge is -2.29. The van der Waals surface area contributed by atoms with Gasteiger partial charge in [0.1, 0.15) is 38.5 Å². The van der Waals surface area contributed by atoms with Crippen LogP contribution in [0.15, 0.2) is 36.5 Å². The van der Waals surface area contributed by atoms with Gasteiger partial charge in [-0.05, 0) is 19.8 Å². The van der Waals surface area contributed by atoms with Crippen molar-refractivity contribution in [1.82, 2.24) is 9.78 Å². The first-order valence-corrected chi connectivity index (χ1v) is 10.7. The minimum Gasteiger partial charge on any atom is -0.322 e. The smallest absolute Gasteiger partial charge is 0.280 e. The molecule has 1 saturated carbocycles. The summed E-state index contributed by atoms with van der Waals surface area (Å²) in [7, 11) is 0. The van der Waals surface area contributed by atoms with Crippen molar-refractivity contribution in [3.05, 3.63) is 47.7 Å². The number of carbonyl (C=O) groups is 1. The quantitative estimate of drug-likeness (QED) is 0.669. The van der Waals surface area contributed by atoms with Crippen molar-refractivity contribution in [3.63, 3.8) is 0 Å². The number of piperazine rings is 1. The average molecular weight is 384 g/mol. The van der Waals surface area contributed by atoms with Gasteiger partial charge >= 0.3 is 0 Å². The molecule has 28 heavy (non-hydrogen) atoms. The molecule has 1 aromatic carbocycles. The fraction of sp³-hybridized carbons (Fsp3) is 0.545. The number of anilines is 1. The van der Waals surface area contributed by atoms with E-state index >= 15 is 0 Å². The van der Waals surface area contributed by atoms with Crippen LogP contribution in [-0.2, 0) is 11.3 Å². The highest BCUT2D eigenvalue weighted by Crippen LogP contribution is 2.31. The zero-order chi connectivity index (χ0) is 19.3. The average Bonchev–Trinajstić information content (AvgIpc) is 3.35. The van der Waals surface area contributed by atoms with E-state index in [1.807, 2.05) is 10.7 Å². The Labute approximate surface area is 167 Å². The Balaban J connectivity index is 1.24. The fourth-order valence-corrected chi connectivity index (χ4v) is 4.69. The van der Waals surface area contributed by atoms with E-state index in [-0.39, 0.29) is 5.91 Å². The van der Waals surface area contributed by atoms with E-state index in [0.717, 1.165) is 38.5 Å². The molecule has 0 bridgehead atoms. The lowest BCUT2D eigenvalue weighted by atomic mass is 10.1. The fourth-order valence-electron chi connectivity index (χ4n) is 4.69. The number of nitrogens with one attached hydrogen (secondary N) is 3. The predicted molar refractivity (Wildman–Crippen MR) is 110 cm³/mol. The maximum Gasteiger partial charge on any atom is 0.280 e. The lowest BCUT2D eigenvalue weighted by Crippen LogP contribution is -3.28. The molecule has 3 N–H and O–H groups in total. The molecule has 4 rings (SSSR count). The predicted octanol–water partition coefficient (Wildman–Crippen LogP) is 0.229. The molecule has 2 aliphatic rings. The molecule has 0 unspecified atom stereocenters. The first-order valence-electron chi connectivity index (χ1n) is 10.7. The molecule has 2 heterocycles. The Kier molecular flexibility index (Phi) is 6.07. The molecule has 1 saturated heterocycles.